The van der Waals surface area contributed by atoms with Crippen LogP contribution >= 0.6 is 22.6 Å². The highest BCUT2D eigenvalue weighted by Crippen LogP contribution is 2.18. The molecule has 0 bridgehead atoms. The fourth-order valence-electron chi connectivity index (χ4n) is 1.49. The molecule has 6 nitrogen and oxygen atoms in total. The van der Waals surface area contributed by atoms with Crippen LogP contribution in [0.15, 0.2) is 17.1 Å². The van der Waals surface area contributed by atoms with Crippen molar-refractivity contribution >= 4 is 22.6 Å². The minimum Gasteiger partial charge on any atom is -0.492 e. The average molecular weight is 346 g/mol. The third-order valence-corrected chi connectivity index (χ3v) is 3.21. The van der Waals surface area contributed by atoms with E-state index in [9.17, 15) is 9.90 Å². The van der Waals surface area contributed by atoms with Gasteiger partial charge in [-0.3, -0.25) is 9.48 Å². The third-order valence-electron chi connectivity index (χ3n) is 2.24. The predicted molar refractivity (Wildman–Crippen MR) is 70.8 cm³/mol. The van der Waals surface area contributed by atoms with Crippen molar-refractivity contribution in [2.75, 3.05) is 0 Å². The van der Waals surface area contributed by atoms with Crippen LogP contribution in [-0.4, -0.2) is 24.9 Å². The maximum absolute atomic E-state index is 11.5. The van der Waals surface area contributed by atoms with Crippen LogP contribution < -0.4 is 5.56 Å². The zero-order valence-electron chi connectivity index (χ0n) is 9.14. The summed E-state index contributed by atoms with van der Waals surface area (Å²) in [5, 5.41) is 13.7. The van der Waals surface area contributed by atoms with Gasteiger partial charge < -0.3 is 10.1 Å². The highest BCUT2D eigenvalue weighted by Gasteiger charge is 2.12. The number of nitrogens with one attached hydrogen (secondary N) is 1. The topological polar surface area (TPSA) is 83.8 Å². The van der Waals surface area contributed by atoms with E-state index in [4.69, 9.17) is 0 Å². The van der Waals surface area contributed by atoms with Crippen molar-refractivity contribution in [1.29, 1.82) is 0 Å². The van der Waals surface area contributed by atoms with Gasteiger partial charge in [0.2, 0.25) is 5.88 Å². The van der Waals surface area contributed by atoms with Crippen LogP contribution in [0.25, 0.3) is 11.5 Å². The lowest BCUT2D eigenvalue weighted by atomic mass is 10.3. The quantitative estimate of drug-likeness (QED) is 0.822. The lowest BCUT2D eigenvalue weighted by Gasteiger charge is -2.05. The minimum absolute atomic E-state index is 0.188. The summed E-state index contributed by atoms with van der Waals surface area (Å²) in [6.07, 6.45) is 2.56. The first-order valence-electron chi connectivity index (χ1n) is 5.14. The molecule has 0 saturated carbocycles. The summed E-state index contributed by atoms with van der Waals surface area (Å²) < 4.78 is 1.93. The number of aromatic nitrogens is 4. The van der Waals surface area contributed by atoms with Gasteiger partial charge in [-0.15, -0.1) is 0 Å². The Hall–Kier alpha value is -1.38. The van der Waals surface area contributed by atoms with E-state index in [1.54, 1.807) is 39.5 Å². The normalized spacial score (nSPS) is 10.7. The van der Waals surface area contributed by atoms with E-state index in [1.165, 1.54) is 0 Å². The Kier molecular flexibility index (Phi) is 3.46. The van der Waals surface area contributed by atoms with Gasteiger partial charge in [0.15, 0.2) is 5.82 Å². The Morgan fingerprint density at radius 1 is 1.59 bits per heavy atom. The first-order chi connectivity index (χ1) is 8.13. The minimum atomic E-state index is -0.350. The molecule has 0 atom stereocenters. The number of nitrogens with zero attached hydrogens (tertiary/aromatic N) is 3. The summed E-state index contributed by atoms with van der Waals surface area (Å²) in [6, 6.07) is 1.75. The molecule has 0 unspecified atom stereocenters. The van der Waals surface area contributed by atoms with Crippen LogP contribution in [0.3, 0.4) is 0 Å². The van der Waals surface area contributed by atoms with Crippen LogP contribution in [-0.2, 0) is 6.54 Å². The van der Waals surface area contributed by atoms with Crippen LogP contribution in [0.1, 0.15) is 13.3 Å². The van der Waals surface area contributed by atoms with Gasteiger partial charge in [0.1, 0.15) is 9.26 Å². The summed E-state index contributed by atoms with van der Waals surface area (Å²) in [5.41, 5.74) is 0.341. The molecule has 0 aromatic carbocycles. The maximum Gasteiger partial charge on any atom is 0.268 e. The summed E-state index contributed by atoms with van der Waals surface area (Å²) >= 11 is 1.75. The molecule has 0 amide bonds. The van der Waals surface area contributed by atoms with Crippen LogP contribution in [0.5, 0.6) is 5.88 Å². The number of H-pyrrole nitrogens is 1. The van der Waals surface area contributed by atoms with Crippen molar-refractivity contribution in [3.8, 4) is 17.4 Å². The second-order valence-corrected chi connectivity index (χ2v) is 4.57. The number of hydrogen-bond acceptors (Lipinski definition) is 4. The molecule has 0 aliphatic heterocycles. The number of rotatable bonds is 3. The van der Waals surface area contributed by atoms with E-state index < -0.39 is 0 Å². The molecular weight excluding hydrogens is 335 g/mol. The molecule has 2 rings (SSSR count). The highest BCUT2D eigenvalue weighted by atomic mass is 127. The Morgan fingerprint density at radius 3 is 3.00 bits per heavy atom. The predicted octanol–water partition coefficient (Wildman–Crippen LogP) is 1.35. The molecule has 17 heavy (non-hydrogen) atoms. The van der Waals surface area contributed by atoms with Crippen LogP contribution in [0.4, 0.5) is 0 Å². The Balaban J connectivity index is 2.53. The van der Waals surface area contributed by atoms with Crippen molar-refractivity contribution in [3.63, 3.8) is 0 Å². The van der Waals surface area contributed by atoms with E-state index in [0.29, 0.717) is 11.5 Å². The van der Waals surface area contributed by atoms with Gasteiger partial charge in [-0.25, -0.2) is 0 Å². The number of aromatic hydroxyl groups is 1. The molecule has 0 aliphatic carbocycles. The van der Waals surface area contributed by atoms with Gasteiger partial charge in [-0.2, -0.15) is 10.1 Å². The van der Waals surface area contributed by atoms with E-state index in [1.807, 2.05) is 6.92 Å². The van der Waals surface area contributed by atoms with Gasteiger partial charge in [-0.05, 0) is 35.1 Å². The molecule has 2 N–H and O–H groups in total. The Labute approximate surface area is 111 Å². The van der Waals surface area contributed by atoms with Crippen molar-refractivity contribution in [1.82, 2.24) is 19.7 Å². The number of aryl methyl sites for hydroxylation is 1. The molecule has 0 saturated heterocycles. The Bertz CT molecular complexity index is 590. The van der Waals surface area contributed by atoms with Crippen molar-refractivity contribution < 1.29 is 5.11 Å². The monoisotopic (exact) mass is 346 g/mol. The third kappa shape index (κ3) is 2.33. The van der Waals surface area contributed by atoms with E-state index >= 15 is 0 Å². The Morgan fingerprint density at radius 2 is 2.35 bits per heavy atom. The molecule has 0 aliphatic rings. The van der Waals surface area contributed by atoms with Gasteiger partial charge in [0, 0.05) is 12.7 Å². The zero-order chi connectivity index (χ0) is 12.4. The first kappa shape index (κ1) is 12.1. The van der Waals surface area contributed by atoms with E-state index in [2.05, 4.69) is 15.1 Å². The number of hydrogen-bond donors (Lipinski definition) is 2. The summed E-state index contributed by atoms with van der Waals surface area (Å²) in [6.45, 7) is 2.77. The summed E-state index contributed by atoms with van der Waals surface area (Å²) in [5.74, 6) is 0.0764. The van der Waals surface area contributed by atoms with Gasteiger partial charge >= 0.3 is 0 Å². The second-order valence-electron chi connectivity index (χ2n) is 3.49. The molecule has 7 heteroatoms. The van der Waals surface area contributed by atoms with E-state index in [0.717, 1.165) is 13.0 Å². The number of aromatic amines is 1. The molecule has 90 valence electrons. The lowest BCUT2D eigenvalue weighted by Crippen LogP contribution is -2.14. The molecule has 0 radical (unpaired) electrons. The van der Waals surface area contributed by atoms with Gasteiger partial charge in [0.05, 0.1) is 0 Å². The van der Waals surface area contributed by atoms with Crippen LogP contribution in [0.2, 0.25) is 0 Å². The smallest absolute Gasteiger partial charge is 0.268 e. The SMILES string of the molecule is CCCn1nccc1-c1nc(O)c(I)c(=O)[nH]1. The maximum atomic E-state index is 11.5. The fourth-order valence-corrected chi connectivity index (χ4v) is 1.75. The van der Waals surface area contributed by atoms with Crippen molar-refractivity contribution in [2.24, 2.45) is 0 Å². The zero-order valence-corrected chi connectivity index (χ0v) is 11.3. The molecule has 0 fully saturated rings. The van der Waals surface area contributed by atoms with Crippen molar-refractivity contribution in [3.05, 3.63) is 26.2 Å². The summed E-state index contributed by atoms with van der Waals surface area (Å²) in [7, 11) is 0. The average Bonchev–Trinajstić information content (AvgIpc) is 2.74. The standard InChI is InChI=1S/C10H11IN4O2/c1-2-5-15-6(3-4-12-15)8-13-9(16)7(11)10(17)14-8/h3-4H,2,5H2,1H3,(H2,13,14,16,17). The first-order valence-corrected chi connectivity index (χ1v) is 6.22. The van der Waals surface area contributed by atoms with Crippen LogP contribution in [0, 0.1) is 3.57 Å². The molecule has 2 aromatic rings. The lowest BCUT2D eigenvalue weighted by molar-refractivity contribution is 0.447. The number of halogens is 1. The van der Waals surface area contributed by atoms with Gasteiger partial charge in [0.25, 0.3) is 5.56 Å². The molecule has 0 spiro atoms. The second kappa shape index (κ2) is 4.86. The molecule has 2 aromatic heterocycles. The fraction of sp³-hybridized carbons (Fsp3) is 0.300. The summed E-state index contributed by atoms with van der Waals surface area (Å²) in [4.78, 5) is 18.1. The largest absolute Gasteiger partial charge is 0.492 e. The molecule has 2 heterocycles. The van der Waals surface area contributed by atoms with E-state index in [-0.39, 0.29) is 15.0 Å². The van der Waals surface area contributed by atoms with Gasteiger partial charge in [-0.1, -0.05) is 6.92 Å². The van der Waals surface area contributed by atoms with Crippen molar-refractivity contribution in [2.45, 2.75) is 19.9 Å². The highest BCUT2D eigenvalue weighted by molar-refractivity contribution is 14.1. The molecular formula is C10H11IN4O2.